The van der Waals surface area contributed by atoms with Gasteiger partial charge in [0.1, 0.15) is 0 Å². The SMILES string of the molecule is F[As-](F)(F)(F)(F)F.F[As-](F)(F)(F)(F)F.F[As-](F)(F)(F)(F)F.[H+].[K+].[K+]. The van der Waals surface area contributed by atoms with Gasteiger partial charge in [0, 0.05) is 0 Å². The van der Waals surface area contributed by atoms with Crippen LogP contribution in [0.5, 0.6) is 0 Å². The summed E-state index contributed by atoms with van der Waals surface area (Å²) in [6.45, 7) is 0. The number of hydrogen-bond acceptors (Lipinski definition) is 0. The van der Waals surface area contributed by atoms with Crippen LogP contribution >= 0.6 is 0 Å². The van der Waals surface area contributed by atoms with Gasteiger partial charge in [0.25, 0.3) is 0 Å². The van der Waals surface area contributed by atoms with Crippen molar-refractivity contribution in [3.05, 3.63) is 0 Å². The Hall–Kier alpha value is 3.69. The molecule has 0 N–H and O–H groups in total. The van der Waals surface area contributed by atoms with Crippen molar-refractivity contribution in [1.82, 2.24) is 0 Å². The van der Waals surface area contributed by atoms with Crippen LogP contribution in [0.2, 0.25) is 0 Å². The van der Waals surface area contributed by atoms with Gasteiger partial charge in [0.2, 0.25) is 0 Å². The van der Waals surface area contributed by atoms with Gasteiger partial charge in [-0.25, -0.2) is 0 Å². The van der Waals surface area contributed by atoms with E-state index in [1.165, 1.54) is 0 Å². The zero-order valence-electron chi connectivity index (χ0n) is 11.1. The van der Waals surface area contributed by atoms with Crippen molar-refractivity contribution in [2.75, 3.05) is 0 Å². The molecule has 0 aliphatic heterocycles. The van der Waals surface area contributed by atoms with E-state index in [2.05, 4.69) is 0 Å². The molecular weight excluding hydrogens is 645 g/mol. The molecule has 0 aromatic carbocycles. The molecule has 0 saturated carbocycles. The molecule has 0 saturated heterocycles. The molecule has 0 atom stereocenters. The molecule has 0 amide bonds. The van der Waals surface area contributed by atoms with E-state index in [0.717, 1.165) is 0 Å². The molecule has 23 heteroatoms. The number of rotatable bonds is 0. The molecule has 0 aromatic heterocycles. The normalized spacial score (nSPS) is 21.1. The largest absolute Gasteiger partial charge is 1.00 e. The second kappa shape index (κ2) is 6.60. The van der Waals surface area contributed by atoms with Crippen molar-refractivity contribution in [2.24, 2.45) is 0 Å². The topological polar surface area (TPSA) is 0 Å². The second-order valence-electron chi connectivity index (χ2n) is 2.87. The van der Waals surface area contributed by atoms with Gasteiger partial charge in [-0.3, -0.25) is 0 Å². The van der Waals surface area contributed by atoms with Crippen molar-refractivity contribution < 1.29 is 167 Å². The van der Waals surface area contributed by atoms with Crippen LogP contribution in [0.1, 0.15) is 1.43 Å². The smallest absolute Gasteiger partial charge is 1.00 e. The molecule has 0 spiro atoms. The van der Waals surface area contributed by atoms with E-state index in [1.807, 2.05) is 0 Å². The average Bonchev–Trinajstić information content (AvgIpc) is 1.19. The van der Waals surface area contributed by atoms with E-state index in [1.54, 1.807) is 0 Å². The van der Waals surface area contributed by atoms with E-state index in [9.17, 15) is 62.4 Å². The monoisotopic (exact) mass is 646 g/mol. The maximum Gasteiger partial charge on any atom is 1.00 e. The molecule has 0 unspecified atom stereocenters. The minimum atomic E-state index is -11.1. The summed E-state index contributed by atoms with van der Waals surface area (Å²) in [6.07, 6.45) is 0. The van der Waals surface area contributed by atoms with Gasteiger partial charge in [0.15, 0.2) is 0 Å². The molecule has 0 nitrogen and oxygen atoms in total. The van der Waals surface area contributed by atoms with Gasteiger partial charge in [-0.15, -0.1) is 0 Å². The standard InChI is InChI=1S/3AsF6.2K/c3*2-1(3,4,5,6)7;;/q3*-1;2*+1/p+1. The van der Waals surface area contributed by atoms with E-state index >= 15 is 0 Å². The van der Waals surface area contributed by atoms with Gasteiger partial charge < -0.3 is 0 Å². The Labute approximate surface area is 204 Å². The molecule has 0 aliphatic carbocycles. The minimum absolute atomic E-state index is 0. The molecule has 0 bridgehead atoms. The maximum atomic E-state index is 9.91. The molecule has 23 heavy (non-hydrogen) atoms. The van der Waals surface area contributed by atoms with E-state index < -0.39 is 42.5 Å². The molecule has 0 heterocycles. The Kier molecular flexibility index (Phi) is 10.8. The maximum absolute atomic E-state index is 11.1. The van der Waals surface area contributed by atoms with E-state index in [4.69, 9.17) is 0 Å². The third-order valence-corrected chi connectivity index (χ3v) is 0. The van der Waals surface area contributed by atoms with Crippen LogP contribution in [0.4, 0.5) is 62.4 Å². The molecule has 0 aromatic rings. The Morgan fingerprint density at radius 1 is 0.261 bits per heavy atom. The summed E-state index contributed by atoms with van der Waals surface area (Å²) >= 11 is -33.2. The van der Waals surface area contributed by atoms with E-state index in [-0.39, 0.29) is 104 Å². The fourth-order valence-corrected chi connectivity index (χ4v) is 0. The summed E-state index contributed by atoms with van der Waals surface area (Å²) in [5.41, 5.74) is 0. The zero-order chi connectivity index (χ0) is 19.2. The van der Waals surface area contributed by atoms with Crippen LogP contribution in [0.15, 0.2) is 0 Å². The first kappa shape index (κ1) is 37.4. The first-order chi connectivity index (χ1) is 7.35. The van der Waals surface area contributed by atoms with Crippen LogP contribution in [-0.4, -0.2) is 42.5 Å². The van der Waals surface area contributed by atoms with Gasteiger partial charge >= 0.3 is 209 Å². The van der Waals surface area contributed by atoms with Crippen molar-refractivity contribution in [1.29, 1.82) is 0 Å². The minimum Gasteiger partial charge on any atom is 1.00 e. The average molecular weight is 646 g/mol. The van der Waals surface area contributed by atoms with Gasteiger partial charge in [0.05, 0.1) is 0 Å². The molecular formula is HAs3F18K2. The van der Waals surface area contributed by atoms with Gasteiger partial charge in [-0.2, -0.15) is 0 Å². The molecule has 0 rings (SSSR count). The predicted octanol–water partition coefficient (Wildman–Crippen LogP) is 0.542. The van der Waals surface area contributed by atoms with Crippen molar-refractivity contribution in [2.45, 2.75) is 0 Å². The van der Waals surface area contributed by atoms with Crippen LogP contribution in [0, 0.1) is 0 Å². The number of halogens is 18. The van der Waals surface area contributed by atoms with Crippen LogP contribution < -0.4 is 103 Å². The summed E-state index contributed by atoms with van der Waals surface area (Å²) < 4.78 is 178. The molecule has 0 aliphatic rings. The molecule has 144 valence electrons. The fraction of sp³-hybridized carbons (Fsp3) is 0. The predicted molar refractivity (Wildman–Crippen MR) is 38.3 cm³/mol. The van der Waals surface area contributed by atoms with Crippen molar-refractivity contribution in [3.8, 4) is 0 Å². The summed E-state index contributed by atoms with van der Waals surface area (Å²) in [6, 6.07) is 0. The third kappa shape index (κ3) is 1060. The summed E-state index contributed by atoms with van der Waals surface area (Å²) in [5.74, 6) is 0. The third-order valence-electron chi connectivity index (χ3n) is 0. The second-order valence-corrected chi connectivity index (χ2v) is 14.9. The molecule has 0 radical (unpaired) electrons. The summed E-state index contributed by atoms with van der Waals surface area (Å²) in [4.78, 5) is 0. The Bertz CT molecular complexity index is 275. The first-order valence-corrected chi connectivity index (χ1v) is 15.8. The van der Waals surface area contributed by atoms with Crippen LogP contribution in [0.3, 0.4) is 0 Å². The quantitative estimate of drug-likeness (QED) is 0.267. The Morgan fingerprint density at radius 2 is 0.261 bits per heavy atom. The Morgan fingerprint density at radius 3 is 0.261 bits per heavy atom. The molecule has 0 fully saturated rings. The summed E-state index contributed by atoms with van der Waals surface area (Å²) in [5, 5.41) is 0. The van der Waals surface area contributed by atoms with Crippen LogP contribution in [-0.2, 0) is 0 Å². The van der Waals surface area contributed by atoms with Crippen LogP contribution in [0.25, 0.3) is 0 Å². The number of hydrogen-bond donors (Lipinski definition) is 0. The first-order valence-electron chi connectivity index (χ1n) is 3.04. The van der Waals surface area contributed by atoms with Crippen molar-refractivity contribution in [3.63, 3.8) is 0 Å². The Balaban J connectivity index is -0.0000000476. The zero-order valence-corrected chi connectivity index (χ0v) is 22.0. The fourth-order valence-electron chi connectivity index (χ4n) is 0. The van der Waals surface area contributed by atoms with Gasteiger partial charge in [-0.1, -0.05) is 0 Å². The van der Waals surface area contributed by atoms with Crippen molar-refractivity contribution >= 4 is 42.5 Å². The van der Waals surface area contributed by atoms with E-state index in [0.29, 0.717) is 0 Å². The summed E-state index contributed by atoms with van der Waals surface area (Å²) in [7, 11) is 0. The van der Waals surface area contributed by atoms with Gasteiger partial charge in [-0.05, 0) is 0 Å².